The van der Waals surface area contributed by atoms with Crippen molar-refractivity contribution in [3.05, 3.63) is 68.2 Å². The van der Waals surface area contributed by atoms with Crippen LogP contribution in [0.1, 0.15) is 28.3 Å². The van der Waals surface area contributed by atoms with Crippen LogP contribution in [-0.4, -0.2) is 27.8 Å². The van der Waals surface area contributed by atoms with Gasteiger partial charge in [-0.15, -0.1) is 11.3 Å². The Balaban J connectivity index is 1.93. The third-order valence-electron chi connectivity index (χ3n) is 3.96. The van der Waals surface area contributed by atoms with E-state index < -0.39 is 10.8 Å². The molecule has 0 aliphatic carbocycles. The Bertz CT molecular complexity index is 940. The number of halogens is 1. The zero-order chi connectivity index (χ0) is 18.1. The molecule has 1 aromatic heterocycles. The molecular weight excluding hydrogens is 362 g/mol. The van der Waals surface area contributed by atoms with Crippen molar-refractivity contribution in [1.29, 1.82) is 0 Å². The highest BCUT2D eigenvalue weighted by atomic mass is 35.5. The number of hydrogen-bond acceptors (Lipinski definition) is 5. The van der Waals surface area contributed by atoms with Crippen molar-refractivity contribution < 1.29 is 9.72 Å². The fraction of sp³-hybridized carbons (Fsp3) is 0.176. The Morgan fingerprint density at radius 1 is 1.32 bits per heavy atom. The van der Waals surface area contributed by atoms with E-state index in [1.54, 1.807) is 7.05 Å². The van der Waals surface area contributed by atoms with Crippen molar-refractivity contribution in [2.45, 2.75) is 13.0 Å². The third-order valence-corrected chi connectivity index (χ3v) is 5.40. The first-order chi connectivity index (χ1) is 11.9. The molecule has 3 rings (SSSR count). The summed E-state index contributed by atoms with van der Waals surface area (Å²) in [6.07, 6.45) is 0. The zero-order valence-electron chi connectivity index (χ0n) is 13.5. The molecule has 0 radical (unpaired) electrons. The van der Waals surface area contributed by atoms with Crippen LogP contribution in [0.25, 0.3) is 10.2 Å². The number of thiazole rings is 1. The van der Waals surface area contributed by atoms with Gasteiger partial charge in [0.15, 0.2) is 0 Å². The quantitative estimate of drug-likeness (QED) is 0.489. The predicted molar refractivity (Wildman–Crippen MR) is 98.2 cm³/mol. The van der Waals surface area contributed by atoms with Gasteiger partial charge < -0.3 is 4.90 Å². The molecule has 0 aliphatic rings. The van der Waals surface area contributed by atoms with Gasteiger partial charge in [-0.25, -0.2) is 4.98 Å². The van der Waals surface area contributed by atoms with E-state index in [-0.39, 0.29) is 22.3 Å². The lowest BCUT2D eigenvalue weighted by Gasteiger charge is -2.23. The highest BCUT2D eigenvalue weighted by molar-refractivity contribution is 7.18. The number of carbonyl (C=O) groups is 1. The molecule has 1 amide bonds. The van der Waals surface area contributed by atoms with E-state index in [2.05, 4.69) is 4.98 Å². The number of hydrogen-bond donors (Lipinski definition) is 0. The van der Waals surface area contributed by atoms with Gasteiger partial charge in [-0.05, 0) is 31.2 Å². The average Bonchev–Trinajstić information content (AvgIpc) is 3.03. The summed E-state index contributed by atoms with van der Waals surface area (Å²) in [5.41, 5.74) is 0.568. The molecule has 0 fully saturated rings. The standard InChI is InChI=1S/C17H14ClN3O3S/c1-10(16-19-13-5-3-4-6-15(13)25-16)20(2)17(22)12-8-7-11(18)9-14(12)21(23)24/h3-10H,1-2H3/t10-/m0/s1. The van der Waals surface area contributed by atoms with E-state index >= 15 is 0 Å². The van der Waals surface area contributed by atoms with Crippen LogP contribution in [0.4, 0.5) is 5.69 Å². The van der Waals surface area contributed by atoms with E-state index in [0.717, 1.165) is 15.2 Å². The molecular formula is C17H14ClN3O3S. The van der Waals surface area contributed by atoms with E-state index in [1.807, 2.05) is 31.2 Å². The number of fused-ring (bicyclic) bond motifs is 1. The minimum atomic E-state index is -0.602. The summed E-state index contributed by atoms with van der Waals surface area (Å²) in [5.74, 6) is -0.449. The zero-order valence-corrected chi connectivity index (χ0v) is 15.0. The smallest absolute Gasteiger partial charge is 0.283 e. The van der Waals surface area contributed by atoms with Crippen LogP contribution in [0.2, 0.25) is 5.02 Å². The minimum absolute atomic E-state index is 0.00450. The fourth-order valence-corrected chi connectivity index (χ4v) is 3.67. The Morgan fingerprint density at radius 2 is 2.04 bits per heavy atom. The molecule has 0 bridgehead atoms. The monoisotopic (exact) mass is 375 g/mol. The summed E-state index contributed by atoms with van der Waals surface area (Å²) < 4.78 is 1.03. The van der Waals surface area contributed by atoms with Gasteiger partial charge in [0.25, 0.3) is 11.6 Å². The normalized spacial score (nSPS) is 12.1. The maximum absolute atomic E-state index is 12.8. The van der Waals surface area contributed by atoms with Gasteiger partial charge in [-0.2, -0.15) is 0 Å². The fourth-order valence-electron chi connectivity index (χ4n) is 2.44. The summed E-state index contributed by atoms with van der Waals surface area (Å²) in [6, 6.07) is 11.4. The Kier molecular flexibility index (Phi) is 4.69. The summed E-state index contributed by atoms with van der Waals surface area (Å²) in [6.45, 7) is 1.84. The second-order valence-corrected chi connectivity index (χ2v) is 7.03. The minimum Gasteiger partial charge on any atom is -0.332 e. The van der Waals surface area contributed by atoms with Crippen LogP contribution in [0.3, 0.4) is 0 Å². The van der Waals surface area contributed by atoms with Crippen molar-refractivity contribution in [1.82, 2.24) is 9.88 Å². The van der Waals surface area contributed by atoms with Crippen molar-refractivity contribution in [3.8, 4) is 0 Å². The number of rotatable bonds is 4. The summed E-state index contributed by atoms with van der Waals surface area (Å²) >= 11 is 7.31. The van der Waals surface area contributed by atoms with Gasteiger partial charge in [0.2, 0.25) is 0 Å². The highest BCUT2D eigenvalue weighted by Gasteiger charge is 2.27. The van der Waals surface area contributed by atoms with E-state index in [9.17, 15) is 14.9 Å². The molecule has 128 valence electrons. The number of nitro groups is 1. The van der Waals surface area contributed by atoms with Gasteiger partial charge in [-0.3, -0.25) is 14.9 Å². The highest BCUT2D eigenvalue weighted by Crippen LogP contribution is 2.31. The Morgan fingerprint density at radius 3 is 2.72 bits per heavy atom. The van der Waals surface area contributed by atoms with Gasteiger partial charge in [0.1, 0.15) is 10.6 Å². The van der Waals surface area contributed by atoms with E-state index in [0.29, 0.717) is 0 Å². The maximum Gasteiger partial charge on any atom is 0.283 e. The number of para-hydroxylation sites is 1. The molecule has 8 heteroatoms. The Hall–Kier alpha value is -2.51. The second kappa shape index (κ2) is 6.78. The van der Waals surface area contributed by atoms with Crippen LogP contribution >= 0.6 is 22.9 Å². The van der Waals surface area contributed by atoms with Crippen LogP contribution in [-0.2, 0) is 0 Å². The van der Waals surface area contributed by atoms with Crippen LogP contribution in [0.15, 0.2) is 42.5 Å². The first kappa shape index (κ1) is 17.3. The number of aromatic nitrogens is 1. The predicted octanol–water partition coefficient (Wildman–Crippen LogP) is 4.69. The number of nitrogens with zero attached hydrogens (tertiary/aromatic N) is 3. The molecule has 2 aromatic carbocycles. The lowest BCUT2D eigenvalue weighted by atomic mass is 10.1. The van der Waals surface area contributed by atoms with Crippen molar-refractivity contribution in [2.75, 3.05) is 7.05 Å². The van der Waals surface area contributed by atoms with E-state index in [1.165, 1.54) is 34.4 Å². The third kappa shape index (κ3) is 3.33. The molecule has 0 aliphatic heterocycles. The molecule has 0 N–H and O–H groups in total. The lowest BCUT2D eigenvalue weighted by molar-refractivity contribution is -0.385. The molecule has 0 unspecified atom stereocenters. The molecule has 0 saturated heterocycles. The molecule has 25 heavy (non-hydrogen) atoms. The number of benzene rings is 2. The molecule has 1 heterocycles. The van der Waals surface area contributed by atoms with Crippen LogP contribution in [0.5, 0.6) is 0 Å². The van der Waals surface area contributed by atoms with E-state index in [4.69, 9.17) is 11.6 Å². The molecule has 1 atom stereocenters. The molecule has 0 spiro atoms. The van der Waals surface area contributed by atoms with Gasteiger partial charge in [0, 0.05) is 18.1 Å². The summed E-state index contributed by atoms with van der Waals surface area (Å²) in [4.78, 5) is 29.4. The van der Waals surface area contributed by atoms with Gasteiger partial charge in [-0.1, -0.05) is 23.7 Å². The summed E-state index contributed by atoms with van der Waals surface area (Å²) in [5, 5.41) is 12.2. The van der Waals surface area contributed by atoms with Gasteiger partial charge in [0.05, 0.1) is 21.2 Å². The second-order valence-electron chi connectivity index (χ2n) is 5.53. The topological polar surface area (TPSA) is 76.3 Å². The first-order valence-corrected chi connectivity index (χ1v) is 8.64. The SMILES string of the molecule is C[C@@H](c1nc2ccccc2s1)N(C)C(=O)c1ccc(Cl)cc1[N+](=O)[O-]. The molecule has 3 aromatic rings. The largest absolute Gasteiger partial charge is 0.332 e. The lowest BCUT2D eigenvalue weighted by Crippen LogP contribution is -2.30. The van der Waals surface area contributed by atoms with Crippen LogP contribution < -0.4 is 0 Å². The maximum atomic E-state index is 12.8. The van der Waals surface area contributed by atoms with Gasteiger partial charge >= 0.3 is 0 Å². The van der Waals surface area contributed by atoms with Crippen molar-refractivity contribution in [3.63, 3.8) is 0 Å². The number of carbonyl (C=O) groups excluding carboxylic acids is 1. The average molecular weight is 376 g/mol. The van der Waals surface area contributed by atoms with Crippen LogP contribution in [0, 0.1) is 10.1 Å². The summed E-state index contributed by atoms with van der Waals surface area (Å²) in [7, 11) is 1.61. The molecule has 0 saturated carbocycles. The number of amides is 1. The molecule has 6 nitrogen and oxygen atoms in total. The number of nitro benzene ring substituents is 1. The van der Waals surface area contributed by atoms with Crippen molar-refractivity contribution in [2.24, 2.45) is 0 Å². The Labute approximate surface area is 152 Å². The van der Waals surface area contributed by atoms with Crippen molar-refractivity contribution >= 4 is 44.7 Å². The first-order valence-electron chi connectivity index (χ1n) is 7.45.